The Morgan fingerprint density at radius 1 is 1.46 bits per heavy atom. The van der Waals surface area contributed by atoms with Crippen molar-refractivity contribution in [2.45, 2.75) is 6.92 Å². The van der Waals surface area contributed by atoms with Crippen molar-refractivity contribution in [3.63, 3.8) is 0 Å². The Bertz CT molecular complexity index is 327. The van der Waals surface area contributed by atoms with Gasteiger partial charge >= 0.3 is 0 Å². The number of hydrogen-bond acceptors (Lipinski definition) is 2. The van der Waals surface area contributed by atoms with Crippen molar-refractivity contribution in [2.24, 2.45) is 5.92 Å². The minimum atomic E-state index is 0.0989. The predicted octanol–water partition coefficient (Wildman–Crippen LogP) is 1.82. The van der Waals surface area contributed by atoms with Gasteiger partial charge in [0, 0.05) is 5.56 Å². The van der Waals surface area contributed by atoms with Crippen molar-refractivity contribution in [1.82, 2.24) is 0 Å². The number of rotatable bonds is 2. The highest BCUT2D eigenvalue weighted by Gasteiger charge is 2.27. The number of carbonyl (C=O) groups excluding carboxylic acids is 1. The summed E-state index contributed by atoms with van der Waals surface area (Å²) in [6.45, 7) is 3.17. The Balaban J connectivity index is 2.19. The lowest BCUT2D eigenvalue weighted by Crippen LogP contribution is -2.34. The third kappa shape index (κ3) is 1.63. The Kier molecular flexibility index (Phi) is 2.15. The van der Waals surface area contributed by atoms with Crippen molar-refractivity contribution in [3.8, 4) is 0 Å². The van der Waals surface area contributed by atoms with Crippen LogP contribution in [0.1, 0.15) is 15.9 Å². The first kappa shape index (κ1) is 8.45. The number of benzene rings is 1. The Morgan fingerprint density at radius 2 is 2.23 bits per heavy atom. The minimum absolute atomic E-state index is 0.0989. The van der Waals surface area contributed by atoms with E-state index in [1.807, 2.05) is 31.2 Å². The van der Waals surface area contributed by atoms with E-state index in [9.17, 15) is 4.79 Å². The molecule has 0 amide bonds. The molecular formula is C11H12O2. The van der Waals surface area contributed by atoms with E-state index in [1.54, 1.807) is 0 Å². The van der Waals surface area contributed by atoms with Crippen LogP contribution in [0.25, 0.3) is 0 Å². The molecule has 0 radical (unpaired) electrons. The van der Waals surface area contributed by atoms with Crippen molar-refractivity contribution in [2.75, 3.05) is 13.2 Å². The van der Waals surface area contributed by atoms with Crippen LogP contribution in [0.2, 0.25) is 0 Å². The highest BCUT2D eigenvalue weighted by atomic mass is 16.5. The van der Waals surface area contributed by atoms with Crippen LogP contribution in [-0.2, 0) is 4.74 Å². The van der Waals surface area contributed by atoms with Crippen LogP contribution in [-0.4, -0.2) is 19.0 Å². The summed E-state index contributed by atoms with van der Waals surface area (Å²) in [6.07, 6.45) is 0. The second-order valence-electron chi connectivity index (χ2n) is 3.47. The number of Topliss-reactive ketones (excluding diaryl/α,β-unsaturated/α-hetero) is 1. The SMILES string of the molecule is Cc1cccc(C(=O)C2COC2)c1. The monoisotopic (exact) mass is 176 g/mol. The normalized spacial score (nSPS) is 16.7. The number of hydrogen-bond donors (Lipinski definition) is 0. The summed E-state index contributed by atoms with van der Waals surface area (Å²) in [5.41, 5.74) is 1.94. The molecule has 13 heavy (non-hydrogen) atoms. The van der Waals surface area contributed by atoms with Gasteiger partial charge in [-0.2, -0.15) is 0 Å². The zero-order chi connectivity index (χ0) is 9.26. The maximum absolute atomic E-state index is 11.7. The Labute approximate surface area is 77.5 Å². The van der Waals surface area contributed by atoms with Crippen molar-refractivity contribution in [3.05, 3.63) is 35.4 Å². The zero-order valence-electron chi connectivity index (χ0n) is 7.62. The van der Waals surface area contributed by atoms with Gasteiger partial charge in [0.05, 0.1) is 19.1 Å². The summed E-state index contributed by atoms with van der Waals surface area (Å²) < 4.78 is 4.99. The topological polar surface area (TPSA) is 26.3 Å². The first-order chi connectivity index (χ1) is 6.27. The third-order valence-electron chi connectivity index (χ3n) is 2.31. The number of ether oxygens (including phenoxy) is 1. The van der Waals surface area contributed by atoms with Gasteiger partial charge in [-0.25, -0.2) is 0 Å². The van der Waals surface area contributed by atoms with Gasteiger partial charge < -0.3 is 4.74 Å². The summed E-state index contributed by atoms with van der Waals surface area (Å²) in [7, 11) is 0. The van der Waals surface area contributed by atoms with E-state index >= 15 is 0 Å². The third-order valence-corrected chi connectivity index (χ3v) is 2.31. The average Bonchev–Trinajstić information content (AvgIpc) is 2.01. The molecule has 0 spiro atoms. The molecule has 68 valence electrons. The fourth-order valence-corrected chi connectivity index (χ4v) is 1.42. The van der Waals surface area contributed by atoms with E-state index in [2.05, 4.69) is 0 Å². The van der Waals surface area contributed by atoms with E-state index in [4.69, 9.17) is 4.74 Å². The molecule has 1 fully saturated rings. The minimum Gasteiger partial charge on any atom is -0.380 e. The van der Waals surface area contributed by atoms with Crippen molar-refractivity contribution < 1.29 is 9.53 Å². The van der Waals surface area contributed by atoms with Crippen molar-refractivity contribution >= 4 is 5.78 Å². The highest BCUT2D eigenvalue weighted by molar-refractivity contribution is 5.98. The van der Waals surface area contributed by atoms with Crippen LogP contribution in [0.15, 0.2) is 24.3 Å². The molecule has 1 aromatic carbocycles. The van der Waals surface area contributed by atoms with E-state index in [0.29, 0.717) is 13.2 Å². The van der Waals surface area contributed by atoms with Crippen LogP contribution in [0.4, 0.5) is 0 Å². The molecule has 0 N–H and O–H groups in total. The summed E-state index contributed by atoms with van der Waals surface area (Å²) in [5.74, 6) is 0.316. The zero-order valence-corrected chi connectivity index (χ0v) is 7.62. The molecule has 0 atom stereocenters. The Morgan fingerprint density at radius 3 is 2.77 bits per heavy atom. The largest absolute Gasteiger partial charge is 0.380 e. The molecule has 2 nitrogen and oxygen atoms in total. The standard InChI is InChI=1S/C11H12O2/c1-8-3-2-4-9(5-8)11(12)10-6-13-7-10/h2-5,10H,6-7H2,1H3. The fraction of sp³-hybridized carbons (Fsp3) is 0.364. The lowest BCUT2D eigenvalue weighted by Gasteiger charge is -2.24. The summed E-state index contributed by atoms with van der Waals surface area (Å²) in [5, 5.41) is 0. The van der Waals surface area contributed by atoms with E-state index in [0.717, 1.165) is 11.1 Å². The molecule has 0 bridgehead atoms. The maximum atomic E-state index is 11.7. The first-order valence-electron chi connectivity index (χ1n) is 4.46. The van der Waals surface area contributed by atoms with Gasteiger partial charge in [-0.3, -0.25) is 4.79 Å². The molecule has 1 aromatic rings. The van der Waals surface area contributed by atoms with Crippen LogP contribution < -0.4 is 0 Å². The van der Waals surface area contributed by atoms with Crippen LogP contribution in [0.5, 0.6) is 0 Å². The van der Waals surface area contributed by atoms with Crippen LogP contribution >= 0.6 is 0 Å². The molecule has 0 aromatic heterocycles. The molecular weight excluding hydrogens is 164 g/mol. The molecule has 2 heteroatoms. The number of ketones is 1. The van der Waals surface area contributed by atoms with E-state index in [1.165, 1.54) is 0 Å². The molecule has 0 aliphatic carbocycles. The smallest absolute Gasteiger partial charge is 0.170 e. The second kappa shape index (κ2) is 3.30. The van der Waals surface area contributed by atoms with Gasteiger partial charge in [-0.15, -0.1) is 0 Å². The van der Waals surface area contributed by atoms with Crippen LogP contribution in [0, 0.1) is 12.8 Å². The molecule has 1 saturated heterocycles. The second-order valence-corrected chi connectivity index (χ2v) is 3.47. The average molecular weight is 176 g/mol. The van der Waals surface area contributed by atoms with Gasteiger partial charge in [0.1, 0.15) is 0 Å². The van der Waals surface area contributed by atoms with Crippen molar-refractivity contribution in [1.29, 1.82) is 0 Å². The lowest BCUT2D eigenvalue weighted by molar-refractivity contribution is -0.0194. The van der Waals surface area contributed by atoms with E-state index in [-0.39, 0.29) is 11.7 Å². The molecule has 2 rings (SSSR count). The number of aryl methyl sites for hydroxylation is 1. The first-order valence-corrected chi connectivity index (χ1v) is 4.46. The molecule has 1 aliphatic rings. The molecule has 0 saturated carbocycles. The number of carbonyl (C=O) groups is 1. The lowest BCUT2D eigenvalue weighted by atomic mass is 9.95. The van der Waals surface area contributed by atoms with Gasteiger partial charge in [0.25, 0.3) is 0 Å². The van der Waals surface area contributed by atoms with E-state index < -0.39 is 0 Å². The fourth-order valence-electron chi connectivity index (χ4n) is 1.42. The van der Waals surface area contributed by atoms with Gasteiger partial charge in [0.15, 0.2) is 5.78 Å². The maximum Gasteiger partial charge on any atom is 0.170 e. The van der Waals surface area contributed by atoms with Gasteiger partial charge in [0.2, 0.25) is 0 Å². The predicted molar refractivity (Wildman–Crippen MR) is 49.8 cm³/mol. The van der Waals surface area contributed by atoms with Gasteiger partial charge in [-0.1, -0.05) is 23.8 Å². The van der Waals surface area contributed by atoms with Gasteiger partial charge in [-0.05, 0) is 13.0 Å². The quantitative estimate of drug-likeness (QED) is 0.642. The summed E-state index contributed by atoms with van der Waals surface area (Å²) in [6, 6.07) is 7.71. The summed E-state index contributed by atoms with van der Waals surface area (Å²) >= 11 is 0. The molecule has 1 heterocycles. The molecule has 0 unspecified atom stereocenters. The highest BCUT2D eigenvalue weighted by Crippen LogP contribution is 2.17. The Hall–Kier alpha value is -1.15. The van der Waals surface area contributed by atoms with Crippen LogP contribution in [0.3, 0.4) is 0 Å². The molecule has 1 aliphatic heterocycles. The summed E-state index contributed by atoms with van der Waals surface area (Å²) in [4.78, 5) is 11.7.